The van der Waals surface area contributed by atoms with Crippen LogP contribution in [-0.4, -0.2) is 38.5 Å². The molecular formula is C18H21N5O2. The summed E-state index contributed by atoms with van der Waals surface area (Å²) in [5, 5.41) is 15.6. The summed E-state index contributed by atoms with van der Waals surface area (Å²) in [5.74, 6) is -0.157. The number of hydrogen-bond acceptors (Lipinski definition) is 4. The van der Waals surface area contributed by atoms with Crippen molar-refractivity contribution in [2.24, 2.45) is 0 Å². The molecule has 0 saturated heterocycles. The maximum atomic E-state index is 12.5. The molecule has 0 bridgehead atoms. The maximum Gasteiger partial charge on any atom is 0.272 e. The molecule has 4 rings (SSSR count). The van der Waals surface area contributed by atoms with Gasteiger partial charge in [0, 0.05) is 23.9 Å². The summed E-state index contributed by atoms with van der Waals surface area (Å²) in [7, 11) is 0. The molecule has 2 N–H and O–H groups in total. The highest BCUT2D eigenvalue weighted by Crippen LogP contribution is 2.29. The molecule has 130 valence electrons. The molecule has 1 aromatic carbocycles. The molecule has 0 fully saturated rings. The van der Waals surface area contributed by atoms with E-state index >= 15 is 0 Å². The number of amides is 1. The molecule has 1 aliphatic heterocycles. The summed E-state index contributed by atoms with van der Waals surface area (Å²) < 4.78 is 7.66. The van der Waals surface area contributed by atoms with E-state index in [9.17, 15) is 4.79 Å². The summed E-state index contributed by atoms with van der Waals surface area (Å²) in [6.07, 6.45) is 2.55. The van der Waals surface area contributed by atoms with Crippen molar-refractivity contribution in [3.63, 3.8) is 0 Å². The van der Waals surface area contributed by atoms with Gasteiger partial charge in [0.05, 0.1) is 36.2 Å². The lowest BCUT2D eigenvalue weighted by atomic mass is 9.99. The van der Waals surface area contributed by atoms with Crippen LogP contribution in [0.2, 0.25) is 0 Å². The summed E-state index contributed by atoms with van der Waals surface area (Å²) >= 11 is 0. The van der Waals surface area contributed by atoms with Gasteiger partial charge in [-0.25, -0.2) is 0 Å². The zero-order valence-electron chi connectivity index (χ0n) is 14.3. The number of aromatic amines is 1. The van der Waals surface area contributed by atoms with E-state index in [4.69, 9.17) is 4.74 Å². The summed E-state index contributed by atoms with van der Waals surface area (Å²) in [6.45, 7) is 5.09. The number of hydrogen-bond donors (Lipinski definition) is 2. The third kappa shape index (κ3) is 2.91. The van der Waals surface area contributed by atoms with Gasteiger partial charge < -0.3 is 10.1 Å². The smallest absolute Gasteiger partial charge is 0.272 e. The summed E-state index contributed by atoms with van der Waals surface area (Å²) in [5.41, 5.74) is 3.41. The zero-order chi connectivity index (χ0) is 17.4. The number of carbonyl (C=O) groups is 1. The molecule has 0 radical (unpaired) electrons. The first-order chi connectivity index (χ1) is 12.1. The van der Waals surface area contributed by atoms with Crippen LogP contribution in [0, 0.1) is 0 Å². The second kappa shape index (κ2) is 6.33. The number of ether oxygens (including phenoxy) is 1. The number of rotatable bonds is 4. The molecule has 3 aromatic rings. The summed E-state index contributed by atoms with van der Waals surface area (Å²) in [6, 6.07) is 8.02. The van der Waals surface area contributed by atoms with Crippen molar-refractivity contribution in [1.82, 2.24) is 25.3 Å². The highest BCUT2D eigenvalue weighted by molar-refractivity contribution is 5.94. The molecule has 7 heteroatoms. The third-order valence-corrected chi connectivity index (χ3v) is 4.61. The third-order valence-electron chi connectivity index (χ3n) is 4.61. The Morgan fingerprint density at radius 3 is 3.12 bits per heavy atom. The minimum absolute atomic E-state index is 0.0664. The molecule has 25 heavy (non-hydrogen) atoms. The SMILES string of the molecule is C[C@@H]1Cc2c(C(=O)NCCn3ncc4ccccc43)n[nH]c2[C@H](C)O1. The van der Waals surface area contributed by atoms with Crippen molar-refractivity contribution < 1.29 is 9.53 Å². The van der Waals surface area contributed by atoms with E-state index in [-0.39, 0.29) is 18.1 Å². The quantitative estimate of drug-likeness (QED) is 0.763. The van der Waals surface area contributed by atoms with Gasteiger partial charge in [-0.2, -0.15) is 10.2 Å². The topological polar surface area (TPSA) is 84.8 Å². The van der Waals surface area contributed by atoms with Crippen LogP contribution in [0.25, 0.3) is 10.9 Å². The van der Waals surface area contributed by atoms with Gasteiger partial charge in [0.2, 0.25) is 0 Å². The Kier molecular flexibility index (Phi) is 4.01. The van der Waals surface area contributed by atoms with E-state index in [1.54, 1.807) is 0 Å². The Bertz CT molecular complexity index is 913. The second-order valence-electron chi connectivity index (χ2n) is 6.44. The van der Waals surface area contributed by atoms with Crippen molar-refractivity contribution in [3.8, 4) is 0 Å². The molecule has 1 amide bonds. The lowest BCUT2D eigenvalue weighted by molar-refractivity contribution is -0.00697. The number of para-hydroxylation sites is 1. The molecule has 0 saturated carbocycles. The maximum absolute atomic E-state index is 12.5. The Morgan fingerprint density at radius 2 is 2.24 bits per heavy atom. The van der Waals surface area contributed by atoms with Gasteiger partial charge in [0.1, 0.15) is 0 Å². The van der Waals surface area contributed by atoms with E-state index in [0.29, 0.717) is 25.2 Å². The highest BCUT2D eigenvalue weighted by atomic mass is 16.5. The van der Waals surface area contributed by atoms with Gasteiger partial charge in [-0.05, 0) is 19.9 Å². The summed E-state index contributed by atoms with van der Waals surface area (Å²) in [4.78, 5) is 12.5. The van der Waals surface area contributed by atoms with Crippen molar-refractivity contribution in [2.75, 3.05) is 6.54 Å². The van der Waals surface area contributed by atoms with Gasteiger partial charge in [0.15, 0.2) is 5.69 Å². The monoisotopic (exact) mass is 339 g/mol. The average molecular weight is 339 g/mol. The Balaban J connectivity index is 1.43. The highest BCUT2D eigenvalue weighted by Gasteiger charge is 2.29. The van der Waals surface area contributed by atoms with Crippen LogP contribution in [0.4, 0.5) is 0 Å². The second-order valence-corrected chi connectivity index (χ2v) is 6.44. The van der Waals surface area contributed by atoms with E-state index in [1.165, 1.54) is 0 Å². The first-order valence-corrected chi connectivity index (χ1v) is 8.55. The van der Waals surface area contributed by atoms with Crippen LogP contribution in [0.5, 0.6) is 0 Å². The first kappa shape index (κ1) is 15.8. The van der Waals surface area contributed by atoms with E-state index < -0.39 is 0 Å². The predicted molar refractivity (Wildman–Crippen MR) is 93.3 cm³/mol. The Morgan fingerprint density at radius 1 is 1.40 bits per heavy atom. The minimum Gasteiger partial charge on any atom is -0.369 e. The standard InChI is InChI=1S/C18H21N5O2/c1-11-9-14-16(12(2)25-11)21-22-17(14)18(24)19-7-8-23-15-6-4-3-5-13(15)10-20-23/h3-6,10-12H,7-9H2,1-2H3,(H,19,24)(H,21,22)/t11-,12+/m1/s1. The lowest BCUT2D eigenvalue weighted by Gasteiger charge is -2.25. The fourth-order valence-corrected chi connectivity index (χ4v) is 3.42. The van der Waals surface area contributed by atoms with Crippen molar-refractivity contribution in [1.29, 1.82) is 0 Å². The number of carbonyl (C=O) groups excluding carboxylic acids is 1. The molecule has 0 aliphatic carbocycles. The van der Waals surface area contributed by atoms with E-state index in [2.05, 4.69) is 20.6 Å². The van der Waals surface area contributed by atoms with Crippen molar-refractivity contribution >= 4 is 16.8 Å². The molecular weight excluding hydrogens is 318 g/mol. The average Bonchev–Trinajstić information content (AvgIpc) is 3.19. The van der Waals surface area contributed by atoms with Gasteiger partial charge in [-0.15, -0.1) is 0 Å². The van der Waals surface area contributed by atoms with Crippen LogP contribution in [0.3, 0.4) is 0 Å². The Hall–Kier alpha value is -2.67. The minimum atomic E-state index is -0.157. The number of aromatic nitrogens is 4. The van der Waals surface area contributed by atoms with Crippen molar-refractivity contribution in [3.05, 3.63) is 47.4 Å². The molecule has 2 atom stereocenters. The Labute approximate surface area is 145 Å². The number of benzene rings is 1. The van der Waals surface area contributed by atoms with E-state index in [0.717, 1.165) is 22.2 Å². The fraction of sp³-hybridized carbons (Fsp3) is 0.389. The largest absolute Gasteiger partial charge is 0.369 e. The van der Waals surface area contributed by atoms with Gasteiger partial charge in [0.25, 0.3) is 5.91 Å². The number of nitrogens with one attached hydrogen (secondary N) is 2. The van der Waals surface area contributed by atoms with Crippen LogP contribution in [0.1, 0.15) is 41.7 Å². The number of nitrogens with zero attached hydrogens (tertiary/aromatic N) is 3. The van der Waals surface area contributed by atoms with Gasteiger partial charge in [-0.3, -0.25) is 14.6 Å². The van der Waals surface area contributed by atoms with Gasteiger partial charge in [-0.1, -0.05) is 18.2 Å². The molecule has 3 heterocycles. The molecule has 7 nitrogen and oxygen atoms in total. The fourth-order valence-electron chi connectivity index (χ4n) is 3.42. The predicted octanol–water partition coefficient (Wildman–Crippen LogP) is 2.21. The molecule has 0 spiro atoms. The first-order valence-electron chi connectivity index (χ1n) is 8.55. The normalized spacial score (nSPS) is 19.8. The molecule has 2 aromatic heterocycles. The number of fused-ring (bicyclic) bond motifs is 2. The van der Waals surface area contributed by atoms with Crippen LogP contribution in [-0.2, 0) is 17.7 Å². The number of H-pyrrole nitrogens is 1. The van der Waals surface area contributed by atoms with E-state index in [1.807, 2.05) is 49.0 Å². The van der Waals surface area contributed by atoms with Crippen LogP contribution >= 0.6 is 0 Å². The lowest BCUT2D eigenvalue weighted by Crippen LogP contribution is -2.30. The molecule has 1 aliphatic rings. The van der Waals surface area contributed by atoms with Gasteiger partial charge >= 0.3 is 0 Å². The molecule has 0 unspecified atom stereocenters. The zero-order valence-corrected chi connectivity index (χ0v) is 14.3. The van der Waals surface area contributed by atoms with Crippen LogP contribution < -0.4 is 5.32 Å². The van der Waals surface area contributed by atoms with Crippen molar-refractivity contribution in [2.45, 2.75) is 39.0 Å². The van der Waals surface area contributed by atoms with Crippen LogP contribution in [0.15, 0.2) is 30.5 Å².